The van der Waals surface area contributed by atoms with Crippen molar-refractivity contribution in [1.82, 2.24) is 0 Å². The molecule has 0 rings (SSSR count). The lowest BCUT2D eigenvalue weighted by molar-refractivity contribution is -0.167. The highest BCUT2D eigenvalue weighted by molar-refractivity contribution is 5.71. The largest absolute Gasteiger partial charge is 0.462 e. The summed E-state index contributed by atoms with van der Waals surface area (Å²) in [5, 5.41) is 0. The Morgan fingerprint density at radius 3 is 1.12 bits per heavy atom. The molecule has 6 heteroatoms. The van der Waals surface area contributed by atoms with Crippen LogP contribution in [0.25, 0.3) is 0 Å². The van der Waals surface area contributed by atoms with E-state index in [0.29, 0.717) is 19.3 Å². The molecule has 0 aliphatic rings. The molecule has 0 radical (unpaired) electrons. The Kier molecular flexibility index (Phi) is 50.9. The van der Waals surface area contributed by atoms with E-state index in [2.05, 4.69) is 118 Å². The summed E-state index contributed by atoms with van der Waals surface area (Å²) in [6, 6.07) is 0. The first-order valence-corrected chi connectivity index (χ1v) is 27.3. The van der Waals surface area contributed by atoms with Gasteiger partial charge in [-0.2, -0.15) is 0 Å². The highest BCUT2D eigenvalue weighted by Crippen LogP contribution is 2.15. The molecule has 0 bridgehead atoms. The number of rotatable bonds is 48. The van der Waals surface area contributed by atoms with Crippen molar-refractivity contribution in [2.45, 2.75) is 252 Å². The van der Waals surface area contributed by atoms with E-state index in [9.17, 15) is 14.4 Å². The van der Waals surface area contributed by atoms with Crippen LogP contribution in [0.1, 0.15) is 245 Å². The molecule has 0 aliphatic carbocycles. The molecule has 0 aromatic rings. The molecule has 0 N–H and O–H groups in total. The van der Waals surface area contributed by atoms with E-state index in [0.717, 1.165) is 103 Å². The van der Waals surface area contributed by atoms with E-state index in [4.69, 9.17) is 14.2 Å². The lowest BCUT2D eigenvalue weighted by atomic mass is 10.0. The van der Waals surface area contributed by atoms with Gasteiger partial charge in [0.1, 0.15) is 13.2 Å². The minimum absolute atomic E-state index is 0.106. The number of allylic oxidation sites excluding steroid dienone is 16. The Balaban J connectivity index is 4.47. The third-order valence-electron chi connectivity index (χ3n) is 11.4. The number of carbonyl (C=O) groups is 3. The molecule has 1 atom stereocenters. The molecule has 0 aliphatic heterocycles. The van der Waals surface area contributed by atoms with Crippen LogP contribution in [0.2, 0.25) is 0 Å². The minimum Gasteiger partial charge on any atom is -0.462 e. The van der Waals surface area contributed by atoms with Crippen LogP contribution < -0.4 is 0 Å². The second-order valence-electron chi connectivity index (χ2n) is 17.8. The first-order chi connectivity index (χ1) is 32.5. The number of hydrogen-bond donors (Lipinski definition) is 0. The predicted molar refractivity (Wildman–Crippen MR) is 284 cm³/mol. The van der Waals surface area contributed by atoms with Crippen LogP contribution in [-0.2, 0) is 28.6 Å². The molecule has 0 fully saturated rings. The normalized spacial score (nSPS) is 12.8. The minimum atomic E-state index is -0.815. The SMILES string of the molecule is CC\C=C/C=C\C=C/CCCCCCCC(=O)OCC(COC(=O)CCCCCCCCCCCCCCCCCCCC)OC(=O)CCC/C=C\C/C=C\C/C=C\C/C=C\C/C=C\CC. The van der Waals surface area contributed by atoms with E-state index in [1.54, 1.807) is 0 Å². The van der Waals surface area contributed by atoms with E-state index < -0.39 is 6.10 Å². The second kappa shape index (κ2) is 53.9. The summed E-state index contributed by atoms with van der Waals surface area (Å²) in [5.74, 6) is -0.984. The molecule has 0 saturated heterocycles. The number of carbonyl (C=O) groups excluding carboxylic acids is 3. The van der Waals surface area contributed by atoms with Gasteiger partial charge in [0.25, 0.3) is 0 Å². The van der Waals surface area contributed by atoms with Gasteiger partial charge in [-0.1, -0.05) is 246 Å². The lowest BCUT2D eigenvalue weighted by Crippen LogP contribution is -2.30. The van der Waals surface area contributed by atoms with Gasteiger partial charge < -0.3 is 14.2 Å². The molecule has 0 saturated carbocycles. The van der Waals surface area contributed by atoms with Crippen LogP contribution in [0.3, 0.4) is 0 Å². The summed E-state index contributed by atoms with van der Waals surface area (Å²) in [7, 11) is 0. The quantitative estimate of drug-likeness (QED) is 0.0199. The Morgan fingerprint density at radius 2 is 0.682 bits per heavy atom. The van der Waals surface area contributed by atoms with Gasteiger partial charge in [0.05, 0.1) is 0 Å². The third-order valence-corrected chi connectivity index (χ3v) is 11.4. The molecular formula is C60H100O6. The predicted octanol–water partition coefficient (Wildman–Crippen LogP) is 18.1. The number of ether oxygens (including phenoxy) is 3. The van der Waals surface area contributed by atoms with Crippen molar-refractivity contribution in [3.8, 4) is 0 Å². The van der Waals surface area contributed by atoms with Crippen LogP contribution in [0.15, 0.2) is 97.2 Å². The Bertz CT molecular complexity index is 1330. The lowest BCUT2D eigenvalue weighted by Gasteiger charge is -2.18. The van der Waals surface area contributed by atoms with Crippen LogP contribution in [-0.4, -0.2) is 37.2 Å². The first-order valence-electron chi connectivity index (χ1n) is 27.3. The zero-order chi connectivity index (χ0) is 47.9. The zero-order valence-corrected chi connectivity index (χ0v) is 42.9. The van der Waals surface area contributed by atoms with Crippen molar-refractivity contribution in [2.75, 3.05) is 13.2 Å². The average Bonchev–Trinajstić information content (AvgIpc) is 3.31. The number of hydrogen-bond acceptors (Lipinski definition) is 6. The molecule has 0 aromatic heterocycles. The standard InChI is InChI=1S/C60H100O6/c1-4-7-10-13-16-19-22-25-27-29-31-32-35-38-41-44-47-50-53-59(62)65-56-57(55-64-58(61)52-49-46-43-40-37-34-24-21-18-15-12-9-6-3)66-60(63)54-51-48-45-42-39-36-33-30-28-26-23-20-17-14-11-8-5-2/h8-9,11-12,15,17-18,20-21,24,26,28,33,36,42,45,57H,4-7,10,13-14,16,19,22-23,25,27,29-32,34-35,37-41,43-44,46-56H2,1-3H3/b11-8-,12-9-,18-15-,20-17-,24-21-,28-26-,36-33-,45-42-. The third kappa shape index (κ3) is 51.3. The summed E-state index contributed by atoms with van der Waals surface area (Å²) in [5.41, 5.74) is 0. The Hall–Kier alpha value is -3.67. The van der Waals surface area contributed by atoms with Crippen molar-refractivity contribution in [3.63, 3.8) is 0 Å². The van der Waals surface area contributed by atoms with Crippen LogP contribution in [0, 0.1) is 0 Å². The summed E-state index contributed by atoms with van der Waals surface area (Å²) < 4.78 is 16.8. The zero-order valence-electron chi connectivity index (χ0n) is 42.9. The van der Waals surface area contributed by atoms with Crippen molar-refractivity contribution < 1.29 is 28.6 Å². The van der Waals surface area contributed by atoms with Gasteiger partial charge in [-0.25, -0.2) is 0 Å². The Morgan fingerprint density at radius 1 is 0.333 bits per heavy atom. The number of unbranched alkanes of at least 4 members (excludes halogenated alkanes) is 23. The molecule has 6 nitrogen and oxygen atoms in total. The summed E-state index contributed by atoms with van der Waals surface area (Å²) in [6.07, 6.45) is 71.2. The molecule has 0 amide bonds. The summed E-state index contributed by atoms with van der Waals surface area (Å²) in [4.78, 5) is 38.0. The monoisotopic (exact) mass is 917 g/mol. The van der Waals surface area contributed by atoms with Crippen molar-refractivity contribution in [1.29, 1.82) is 0 Å². The van der Waals surface area contributed by atoms with Gasteiger partial charge in [0.15, 0.2) is 6.10 Å². The Labute approximate surface area is 407 Å². The molecule has 0 heterocycles. The summed E-state index contributed by atoms with van der Waals surface area (Å²) >= 11 is 0. The van der Waals surface area contributed by atoms with Gasteiger partial charge in [-0.05, 0) is 77.0 Å². The van der Waals surface area contributed by atoms with Gasteiger partial charge in [-0.3, -0.25) is 14.4 Å². The molecule has 0 spiro atoms. The molecule has 376 valence electrons. The highest BCUT2D eigenvalue weighted by atomic mass is 16.6. The van der Waals surface area contributed by atoms with E-state index >= 15 is 0 Å². The van der Waals surface area contributed by atoms with Crippen LogP contribution >= 0.6 is 0 Å². The second-order valence-corrected chi connectivity index (χ2v) is 17.8. The molecule has 66 heavy (non-hydrogen) atoms. The molecule has 0 aromatic carbocycles. The van der Waals surface area contributed by atoms with Crippen LogP contribution in [0.4, 0.5) is 0 Å². The van der Waals surface area contributed by atoms with Gasteiger partial charge in [0.2, 0.25) is 0 Å². The fourth-order valence-electron chi connectivity index (χ4n) is 7.36. The maximum atomic E-state index is 12.8. The first kappa shape index (κ1) is 62.3. The van der Waals surface area contributed by atoms with Crippen molar-refractivity contribution >= 4 is 17.9 Å². The van der Waals surface area contributed by atoms with Crippen molar-refractivity contribution in [3.05, 3.63) is 97.2 Å². The fraction of sp³-hybridized carbons (Fsp3) is 0.683. The topological polar surface area (TPSA) is 78.9 Å². The average molecular weight is 917 g/mol. The van der Waals surface area contributed by atoms with Gasteiger partial charge in [-0.15, -0.1) is 0 Å². The van der Waals surface area contributed by atoms with Gasteiger partial charge >= 0.3 is 17.9 Å². The smallest absolute Gasteiger partial charge is 0.306 e. The maximum absolute atomic E-state index is 12.8. The highest BCUT2D eigenvalue weighted by Gasteiger charge is 2.19. The number of esters is 3. The van der Waals surface area contributed by atoms with Crippen molar-refractivity contribution in [2.24, 2.45) is 0 Å². The van der Waals surface area contributed by atoms with Gasteiger partial charge in [0, 0.05) is 19.3 Å². The molecule has 1 unspecified atom stereocenters. The summed E-state index contributed by atoms with van der Waals surface area (Å²) in [6.45, 7) is 6.34. The molecular weight excluding hydrogens is 817 g/mol. The van der Waals surface area contributed by atoms with Crippen LogP contribution in [0.5, 0.6) is 0 Å². The van der Waals surface area contributed by atoms with E-state index in [-0.39, 0.29) is 37.5 Å². The fourth-order valence-corrected chi connectivity index (χ4v) is 7.36. The van der Waals surface area contributed by atoms with E-state index in [1.807, 2.05) is 0 Å². The van der Waals surface area contributed by atoms with E-state index in [1.165, 1.54) is 96.3 Å². The maximum Gasteiger partial charge on any atom is 0.306 e.